The van der Waals surface area contributed by atoms with E-state index in [1.807, 2.05) is 7.05 Å². The molecule has 1 aromatic heterocycles. The van der Waals surface area contributed by atoms with Crippen LogP contribution in [0, 0.1) is 0 Å². The van der Waals surface area contributed by atoms with Gasteiger partial charge in [-0.25, -0.2) is 10.2 Å². The number of likely N-dealkylation sites (N-methyl/N-ethyl adjacent to an activating group) is 1. The Balaban J connectivity index is 1.73. The van der Waals surface area contributed by atoms with Crippen molar-refractivity contribution in [3.05, 3.63) is 29.0 Å². The van der Waals surface area contributed by atoms with Crippen LogP contribution in [-0.4, -0.2) is 77.7 Å². The number of benzene rings is 1. The second-order valence-electron chi connectivity index (χ2n) is 8.78. The van der Waals surface area contributed by atoms with E-state index in [9.17, 15) is 14.4 Å². The summed E-state index contributed by atoms with van der Waals surface area (Å²) in [6.45, 7) is 8.13. The number of nitrogens with zero attached hydrogens (tertiary/aromatic N) is 3. The summed E-state index contributed by atoms with van der Waals surface area (Å²) in [6.07, 6.45) is 0.849. The predicted molar refractivity (Wildman–Crippen MR) is 117 cm³/mol. The van der Waals surface area contributed by atoms with E-state index in [0.29, 0.717) is 46.5 Å². The molecule has 0 unspecified atom stereocenters. The third kappa shape index (κ3) is 4.24. The second-order valence-corrected chi connectivity index (χ2v) is 8.78. The summed E-state index contributed by atoms with van der Waals surface area (Å²) >= 11 is 0. The number of aromatic amines is 1. The lowest BCUT2D eigenvalue weighted by Gasteiger charge is -2.32. The number of ether oxygens (including phenoxy) is 1. The fourth-order valence-corrected chi connectivity index (χ4v) is 3.71. The van der Waals surface area contributed by atoms with Gasteiger partial charge in [0.1, 0.15) is 11.3 Å². The standard InChI is InChI=1S/C21H26N6O4/c1-21(2,3)31-20(30)23-12-9-13-16-14(11-22-25-18(13)28)17(24-15(16)10-12)19(29)27-7-5-26(4)6-8-27/h9-11,24H,5-8H2,1-4H3,(H,23,30)(H,25,28). The lowest BCUT2D eigenvalue weighted by molar-refractivity contribution is 0.0632. The van der Waals surface area contributed by atoms with E-state index in [1.165, 1.54) is 6.21 Å². The minimum Gasteiger partial charge on any atom is -0.444 e. The highest BCUT2D eigenvalue weighted by Gasteiger charge is 2.28. The number of carbonyl (C=O) groups excluding carboxylic acids is 3. The first-order valence-corrected chi connectivity index (χ1v) is 10.1. The van der Waals surface area contributed by atoms with Crippen molar-refractivity contribution >= 4 is 40.7 Å². The molecular formula is C21H26N6O4. The van der Waals surface area contributed by atoms with Crippen LogP contribution < -0.4 is 10.7 Å². The van der Waals surface area contributed by atoms with Gasteiger partial charge >= 0.3 is 6.09 Å². The Bertz CT molecular complexity index is 1090. The molecule has 10 heteroatoms. The first kappa shape index (κ1) is 20.9. The van der Waals surface area contributed by atoms with Crippen molar-refractivity contribution in [1.82, 2.24) is 20.2 Å². The van der Waals surface area contributed by atoms with E-state index in [0.717, 1.165) is 13.1 Å². The average Bonchev–Trinajstić information content (AvgIpc) is 2.95. The molecule has 164 valence electrons. The van der Waals surface area contributed by atoms with E-state index in [-0.39, 0.29) is 5.91 Å². The first-order valence-electron chi connectivity index (χ1n) is 10.1. The van der Waals surface area contributed by atoms with E-state index in [2.05, 4.69) is 25.7 Å². The molecule has 2 aliphatic rings. The maximum absolute atomic E-state index is 13.2. The Morgan fingerprint density at radius 1 is 1.16 bits per heavy atom. The lowest BCUT2D eigenvalue weighted by atomic mass is 10.0. The van der Waals surface area contributed by atoms with Crippen LogP contribution in [0.25, 0.3) is 10.9 Å². The van der Waals surface area contributed by atoms with Crippen molar-refractivity contribution in [2.45, 2.75) is 26.4 Å². The molecule has 1 saturated heterocycles. The zero-order valence-electron chi connectivity index (χ0n) is 18.0. The number of piperazine rings is 1. The number of H-pyrrole nitrogens is 1. The molecule has 2 aliphatic heterocycles. The van der Waals surface area contributed by atoms with Gasteiger partial charge in [-0.15, -0.1) is 0 Å². The van der Waals surface area contributed by atoms with Gasteiger partial charge in [-0.05, 0) is 40.0 Å². The second kappa shape index (κ2) is 7.69. The number of anilines is 1. The fourth-order valence-electron chi connectivity index (χ4n) is 3.71. The Hall–Kier alpha value is -3.40. The van der Waals surface area contributed by atoms with E-state index >= 15 is 0 Å². The van der Waals surface area contributed by atoms with Gasteiger partial charge in [0.15, 0.2) is 0 Å². The van der Waals surface area contributed by atoms with Crippen molar-refractivity contribution in [3.63, 3.8) is 0 Å². The van der Waals surface area contributed by atoms with Gasteiger partial charge < -0.3 is 19.5 Å². The van der Waals surface area contributed by atoms with Gasteiger partial charge in [0.2, 0.25) is 0 Å². The Morgan fingerprint density at radius 3 is 2.55 bits per heavy atom. The maximum atomic E-state index is 13.2. The van der Waals surface area contributed by atoms with E-state index < -0.39 is 17.6 Å². The van der Waals surface area contributed by atoms with Crippen molar-refractivity contribution in [1.29, 1.82) is 0 Å². The largest absolute Gasteiger partial charge is 0.444 e. The molecule has 0 bridgehead atoms. The smallest absolute Gasteiger partial charge is 0.412 e. The first-order chi connectivity index (χ1) is 14.6. The highest BCUT2D eigenvalue weighted by molar-refractivity contribution is 6.19. The van der Waals surface area contributed by atoms with Crippen molar-refractivity contribution in [2.24, 2.45) is 5.10 Å². The summed E-state index contributed by atoms with van der Waals surface area (Å²) in [6, 6.07) is 3.23. The average molecular weight is 426 g/mol. The van der Waals surface area contributed by atoms with Gasteiger partial charge in [-0.2, -0.15) is 5.10 Å². The topological polar surface area (TPSA) is 119 Å². The highest BCUT2D eigenvalue weighted by atomic mass is 16.6. The lowest BCUT2D eigenvalue weighted by Crippen LogP contribution is -2.47. The molecule has 0 saturated carbocycles. The van der Waals surface area contributed by atoms with Crippen LogP contribution in [0.2, 0.25) is 0 Å². The van der Waals surface area contributed by atoms with Crippen molar-refractivity contribution in [2.75, 3.05) is 38.5 Å². The number of hydrazone groups is 1. The third-order valence-electron chi connectivity index (χ3n) is 5.19. The maximum Gasteiger partial charge on any atom is 0.412 e. The van der Waals surface area contributed by atoms with Crippen molar-refractivity contribution in [3.8, 4) is 0 Å². The van der Waals surface area contributed by atoms with Gasteiger partial charge in [-0.3, -0.25) is 14.9 Å². The van der Waals surface area contributed by atoms with Crippen LogP contribution in [0.4, 0.5) is 10.5 Å². The quantitative estimate of drug-likeness (QED) is 0.678. The number of amides is 3. The summed E-state index contributed by atoms with van der Waals surface area (Å²) in [5.74, 6) is -0.571. The molecule has 31 heavy (non-hydrogen) atoms. The molecule has 0 atom stereocenters. The normalized spacial score (nSPS) is 16.8. The number of carbonyl (C=O) groups is 3. The number of rotatable bonds is 2. The van der Waals surface area contributed by atoms with E-state index in [4.69, 9.17) is 4.74 Å². The molecule has 4 rings (SSSR count). The molecule has 1 aromatic carbocycles. The molecular weight excluding hydrogens is 400 g/mol. The monoisotopic (exact) mass is 426 g/mol. The third-order valence-corrected chi connectivity index (χ3v) is 5.19. The minimum absolute atomic E-state index is 0.146. The zero-order chi connectivity index (χ0) is 22.3. The Labute approximate surface area is 179 Å². The summed E-state index contributed by atoms with van der Waals surface area (Å²) in [4.78, 5) is 45.1. The summed E-state index contributed by atoms with van der Waals surface area (Å²) < 4.78 is 5.30. The van der Waals surface area contributed by atoms with Crippen LogP contribution >= 0.6 is 0 Å². The Kier molecular flexibility index (Phi) is 5.18. The molecule has 0 spiro atoms. The molecule has 10 nitrogen and oxygen atoms in total. The van der Waals surface area contributed by atoms with Crippen LogP contribution in [0.1, 0.15) is 47.2 Å². The molecule has 1 fully saturated rings. The minimum atomic E-state index is -0.660. The van der Waals surface area contributed by atoms with E-state index in [1.54, 1.807) is 37.8 Å². The van der Waals surface area contributed by atoms with Crippen LogP contribution in [0.5, 0.6) is 0 Å². The number of aromatic nitrogens is 1. The fraction of sp³-hybridized carbons (Fsp3) is 0.429. The Morgan fingerprint density at radius 2 is 1.87 bits per heavy atom. The zero-order valence-corrected chi connectivity index (χ0v) is 18.0. The van der Waals surface area contributed by atoms with Gasteiger partial charge in [-0.1, -0.05) is 0 Å². The SMILES string of the molecule is CN1CCN(C(=O)c2[nH]c3cc(NC(=O)OC(C)(C)C)cc4c3c2C=NNC4=O)CC1. The van der Waals surface area contributed by atoms with Crippen LogP contribution in [0.15, 0.2) is 17.2 Å². The summed E-state index contributed by atoms with van der Waals surface area (Å²) in [5, 5.41) is 7.21. The van der Waals surface area contributed by atoms with Crippen LogP contribution in [-0.2, 0) is 4.74 Å². The molecule has 3 amide bonds. The predicted octanol–water partition coefficient (Wildman–Crippen LogP) is 1.98. The number of hydrogen-bond acceptors (Lipinski definition) is 6. The van der Waals surface area contributed by atoms with Gasteiger partial charge in [0.25, 0.3) is 11.8 Å². The molecule has 3 N–H and O–H groups in total. The molecule has 0 radical (unpaired) electrons. The number of nitrogens with one attached hydrogen (secondary N) is 3. The highest BCUT2D eigenvalue weighted by Crippen LogP contribution is 2.31. The molecule has 0 aliphatic carbocycles. The van der Waals surface area contributed by atoms with Gasteiger partial charge in [0, 0.05) is 48.3 Å². The van der Waals surface area contributed by atoms with Gasteiger partial charge in [0.05, 0.1) is 11.8 Å². The molecule has 2 aromatic rings. The van der Waals surface area contributed by atoms with Crippen molar-refractivity contribution < 1.29 is 19.1 Å². The number of hydrogen-bond donors (Lipinski definition) is 3. The van der Waals surface area contributed by atoms with Crippen LogP contribution in [0.3, 0.4) is 0 Å². The summed E-state index contributed by atoms with van der Waals surface area (Å²) in [5.41, 5.74) is 3.95. The molecule has 3 heterocycles. The summed E-state index contributed by atoms with van der Waals surface area (Å²) in [7, 11) is 2.02.